The first-order chi connectivity index (χ1) is 7.76. The number of nitrogens with two attached hydrogens (primary N) is 1. The van der Waals surface area contributed by atoms with Crippen LogP contribution in [-0.2, 0) is 9.59 Å². The summed E-state index contributed by atoms with van der Waals surface area (Å²) in [5, 5.41) is 11.8. The van der Waals surface area contributed by atoms with Crippen molar-refractivity contribution >= 4 is 11.9 Å². The zero-order chi connectivity index (χ0) is 13.2. The molecule has 0 aromatic heterocycles. The van der Waals surface area contributed by atoms with E-state index in [2.05, 4.69) is 5.32 Å². The van der Waals surface area contributed by atoms with Crippen LogP contribution < -0.4 is 11.1 Å². The zero-order valence-electron chi connectivity index (χ0n) is 10.6. The van der Waals surface area contributed by atoms with Crippen molar-refractivity contribution in [1.29, 1.82) is 0 Å². The van der Waals surface area contributed by atoms with Gasteiger partial charge in [0.2, 0.25) is 5.91 Å². The first kappa shape index (κ1) is 13.9. The number of likely N-dealkylation sites (tertiary alicyclic amines) is 1. The molecular weight excluding hydrogens is 222 g/mol. The third-order valence-corrected chi connectivity index (χ3v) is 3.11. The van der Waals surface area contributed by atoms with Crippen molar-refractivity contribution < 1.29 is 14.7 Å². The Labute approximate surface area is 101 Å². The summed E-state index contributed by atoms with van der Waals surface area (Å²) < 4.78 is 0. The van der Waals surface area contributed by atoms with Crippen molar-refractivity contribution in [2.24, 2.45) is 5.73 Å². The van der Waals surface area contributed by atoms with Gasteiger partial charge in [0.1, 0.15) is 5.54 Å². The van der Waals surface area contributed by atoms with E-state index in [9.17, 15) is 9.59 Å². The molecule has 1 fully saturated rings. The molecular formula is C11H21N3O3. The number of carbonyl (C=O) groups is 2. The molecule has 0 bridgehead atoms. The van der Waals surface area contributed by atoms with Crippen LogP contribution in [-0.4, -0.2) is 52.6 Å². The van der Waals surface area contributed by atoms with Gasteiger partial charge in [-0.15, -0.1) is 0 Å². The van der Waals surface area contributed by atoms with E-state index in [0.717, 1.165) is 0 Å². The number of carbonyl (C=O) groups excluding carboxylic acids is 1. The van der Waals surface area contributed by atoms with Crippen LogP contribution in [0.1, 0.15) is 27.2 Å². The highest BCUT2D eigenvalue weighted by Gasteiger charge is 2.43. The smallest absolute Gasteiger partial charge is 0.325 e. The molecule has 1 rings (SSSR count). The molecule has 0 aromatic rings. The van der Waals surface area contributed by atoms with Crippen LogP contribution in [0.3, 0.4) is 0 Å². The fraction of sp³-hybridized carbons (Fsp3) is 0.818. The second kappa shape index (κ2) is 5.01. The normalized spacial score (nSPS) is 27.1. The number of carboxylic acids is 1. The first-order valence-electron chi connectivity index (χ1n) is 5.83. The Kier molecular flexibility index (Phi) is 4.11. The third-order valence-electron chi connectivity index (χ3n) is 3.11. The highest BCUT2D eigenvalue weighted by molar-refractivity contribution is 5.82. The van der Waals surface area contributed by atoms with Crippen molar-refractivity contribution in [2.45, 2.75) is 44.8 Å². The average molecular weight is 243 g/mol. The molecule has 1 aliphatic rings. The van der Waals surface area contributed by atoms with Gasteiger partial charge < -0.3 is 16.2 Å². The number of hydrogen-bond acceptors (Lipinski definition) is 4. The lowest BCUT2D eigenvalue weighted by Crippen LogP contribution is -2.53. The fourth-order valence-corrected chi connectivity index (χ4v) is 1.94. The van der Waals surface area contributed by atoms with E-state index >= 15 is 0 Å². The predicted molar refractivity (Wildman–Crippen MR) is 63.5 cm³/mol. The largest absolute Gasteiger partial charge is 0.480 e. The second-order valence-corrected chi connectivity index (χ2v) is 5.02. The minimum absolute atomic E-state index is 0.0784. The van der Waals surface area contributed by atoms with Crippen molar-refractivity contribution in [3.05, 3.63) is 0 Å². The van der Waals surface area contributed by atoms with Crippen LogP contribution in [0.25, 0.3) is 0 Å². The number of nitrogens with one attached hydrogen (secondary N) is 1. The van der Waals surface area contributed by atoms with Gasteiger partial charge in [-0.2, -0.15) is 0 Å². The van der Waals surface area contributed by atoms with E-state index in [1.807, 2.05) is 18.7 Å². The lowest BCUT2D eigenvalue weighted by atomic mass is 10.0. The van der Waals surface area contributed by atoms with Crippen molar-refractivity contribution in [3.63, 3.8) is 0 Å². The summed E-state index contributed by atoms with van der Waals surface area (Å²) in [5.74, 6) is -1.09. The van der Waals surface area contributed by atoms with E-state index in [1.54, 1.807) is 6.92 Å². The van der Waals surface area contributed by atoms with Crippen LogP contribution >= 0.6 is 0 Å². The summed E-state index contributed by atoms with van der Waals surface area (Å²) in [5.41, 5.74) is 4.54. The standard InChI is InChI=1S/C11H21N3O3/c1-7(2)13-9(15)8(3)14-5-4-11(12,6-14)10(16)17/h7-8H,4-6,12H2,1-3H3,(H,13,15)(H,16,17). The summed E-state index contributed by atoms with van der Waals surface area (Å²) in [6.45, 7) is 6.30. The molecule has 17 heavy (non-hydrogen) atoms. The summed E-state index contributed by atoms with van der Waals surface area (Å²) in [6.07, 6.45) is 0.377. The molecule has 6 heteroatoms. The van der Waals surface area contributed by atoms with Crippen molar-refractivity contribution in [1.82, 2.24) is 10.2 Å². The SMILES string of the molecule is CC(C)NC(=O)C(C)N1CCC(N)(C(=O)O)C1. The van der Waals surface area contributed by atoms with Gasteiger partial charge >= 0.3 is 5.97 Å². The minimum atomic E-state index is -1.22. The first-order valence-corrected chi connectivity index (χ1v) is 5.83. The number of hydrogen-bond donors (Lipinski definition) is 3. The van der Waals surface area contributed by atoms with Gasteiger partial charge in [0, 0.05) is 19.1 Å². The molecule has 0 aliphatic carbocycles. The molecule has 4 N–H and O–H groups in total. The van der Waals surface area contributed by atoms with Gasteiger partial charge in [-0.05, 0) is 27.2 Å². The number of nitrogens with zero attached hydrogens (tertiary/aromatic N) is 1. The maximum Gasteiger partial charge on any atom is 0.325 e. The van der Waals surface area contributed by atoms with Gasteiger partial charge in [0.15, 0.2) is 0 Å². The van der Waals surface area contributed by atoms with Crippen LogP contribution in [0.15, 0.2) is 0 Å². The molecule has 98 valence electrons. The number of rotatable bonds is 4. The molecule has 1 heterocycles. The summed E-state index contributed by atoms with van der Waals surface area (Å²) in [4.78, 5) is 24.6. The predicted octanol–water partition coefficient (Wildman–Crippen LogP) is -0.613. The Bertz CT molecular complexity index is 319. The minimum Gasteiger partial charge on any atom is -0.480 e. The van der Waals surface area contributed by atoms with E-state index in [0.29, 0.717) is 13.0 Å². The number of carboxylic acid groups (broad SMARTS) is 1. The van der Waals surface area contributed by atoms with E-state index < -0.39 is 11.5 Å². The number of aliphatic carboxylic acids is 1. The quantitative estimate of drug-likeness (QED) is 0.612. The van der Waals surface area contributed by atoms with Gasteiger partial charge in [-0.3, -0.25) is 14.5 Å². The fourth-order valence-electron chi connectivity index (χ4n) is 1.94. The Morgan fingerprint density at radius 3 is 2.41 bits per heavy atom. The Morgan fingerprint density at radius 2 is 2.00 bits per heavy atom. The van der Waals surface area contributed by atoms with Crippen molar-refractivity contribution in [3.8, 4) is 0 Å². The van der Waals surface area contributed by atoms with Crippen LogP contribution in [0, 0.1) is 0 Å². The Balaban J connectivity index is 2.59. The average Bonchev–Trinajstić information content (AvgIpc) is 2.60. The second-order valence-electron chi connectivity index (χ2n) is 5.02. The lowest BCUT2D eigenvalue weighted by Gasteiger charge is -2.25. The van der Waals surface area contributed by atoms with Crippen LogP contribution in [0.5, 0.6) is 0 Å². The van der Waals surface area contributed by atoms with Gasteiger partial charge in [0.05, 0.1) is 6.04 Å². The van der Waals surface area contributed by atoms with Gasteiger partial charge in [0.25, 0.3) is 0 Å². The van der Waals surface area contributed by atoms with Crippen LogP contribution in [0.4, 0.5) is 0 Å². The number of amides is 1. The molecule has 6 nitrogen and oxygen atoms in total. The third kappa shape index (κ3) is 3.17. The monoisotopic (exact) mass is 243 g/mol. The van der Waals surface area contributed by atoms with E-state index in [1.165, 1.54) is 0 Å². The molecule has 0 radical (unpaired) electrons. The van der Waals surface area contributed by atoms with Crippen molar-refractivity contribution in [2.75, 3.05) is 13.1 Å². The maximum absolute atomic E-state index is 11.8. The lowest BCUT2D eigenvalue weighted by molar-refractivity contribution is -0.143. The molecule has 1 aliphatic heterocycles. The summed E-state index contributed by atoms with van der Waals surface area (Å²) in [7, 11) is 0. The van der Waals surface area contributed by atoms with E-state index in [4.69, 9.17) is 10.8 Å². The molecule has 1 saturated heterocycles. The Hall–Kier alpha value is -1.14. The molecule has 0 spiro atoms. The van der Waals surface area contributed by atoms with E-state index in [-0.39, 0.29) is 24.5 Å². The zero-order valence-corrected chi connectivity index (χ0v) is 10.6. The van der Waals surface area contributed by atoms with Crippen LogP contribution in [0.2, 0.25) is 0 Å². The summed E-state index contributed by atoms with van der Waals surface area (Å²) in [6, 6.07) is -0.267. The molecule has 0 saturated carbocycles. The topological polar surface area (TPSA) is 95.7 Å². The molecule has 0 aromatic carbocycles. The van der Waals surface area contributed by atoms with Gasteiger partial charge in [-0.1, -0.05) is 0 Å². The maximum atomic E-state index is 11.8. The summed E-state index contributed by atoms with van der Waals surface area (Å²) >= 11 is 0. The highest BCUT2D eigenvalue weighted by atomic mass is 16.4. The molecule has 2 atom stereocenters. The molecule has 2 unspecified atom stereocenters. The van der Waals surface area contributed by atoms with Gasteiger partial charge in [-0.25, -0.2) is 0 Å². The highest BCUT2D eigenvalue weighted by Crippen LogP contribution is 2.21. The molecule has 1 amide bonds. The Morgan fingerprint density at radius 1 is 1.41 bits per heavy atom.